The average Bonchev–Trinajstić information content (AvgIpc) is 3.09. The molecular weight excluding hydrogens is 442 g/mol. The Bertz CT molecular complexity index is 1170. The van der Waals surface area contributed by atoms with Gasteiger partial charge in [-0.1, -0.05) is 18.5 Å². The SMILES string of the molecule is CCC(=O)NCCCNC(=O)Cc1c(C)n(C(=O)c2ccc(Cl)cc2)c2ccc(OC)cc12. The second-order valence-electron chi connectivity index (χ2n) is 7.68. The third-order valence-corrected chi connectivity index (χ3v) is 5.74. The number of hydrogen-bond donors (Lipinski definition) is 2. The Labute approximate surface area is 198 Å². The van der Waals surface area contributed by atoms with Gasteiger partial charge in [0.1, 0.15) is 5.75 Å². The molecule has 2 N–H and O–H groups in total. The maximum Gasteiger partial charge on any atom is 0.262 e. The van der Waals surface area contributed by atoms with E-state index in [9.17, 15) is 14.4 Å². The van der Waals surface area contributed by atoms with E-state index in [4.69, 9.17) is 16.3 Å². The topological polar surface area (TPSA) is 89.4 Å². The van der Waals surface area contributed by atoms with Gasteiger partial charge in [0.2, 0.25) is 11.8 Å². The van der Waals surface area contributed by atoms with E-state index in [0.29, 0.717) is 53.5 Å². The second kappa shape index (κ2) is 11.0. The molecule has 8 heteroatoms. The van der Waals surface area contributed by atoms with E-state index < -0.39 is 0 Å². The number of nitrogens with zero attached hydrogens (tertiary/aromatic N) is 1. The van der Waals surface area contributed by atoms with Crippen molar-refractivity contribution in [1.29, 1.82) is 0 Å². The molecule has 2 amide bonds. The van der Waals surface area contributed by atoms with Crippen LogP contribution in [0.5, 0.6) is 5.75 Å². The summed E-state index contributed by atoms with van der Waals surface area (Å²) in [5.41, 5.74) is 2.67. The van der Waals surface area contributed by atoms with Crippen LogP contribution in [0.1, 0.15) is 41.4 Å². The maximum atomic E-state index is 13.3. The molecule has 0 fully saturated rings. The van der Waals surface area contributed by atoms with Gasteiger partial charge in [0.25, 0.3) is 5.91 Å². The molecule has 3 rings (SSSR count). The zero-order valence-corrected chi connectivity index (χ0v) is 19.8. The number of benzene rings is 2. The molecule has 0 aliphatic heterocycles. The zero-order valence-electron chi connectivity index (χ0n) is 19.0. The van der Waals surface area contributed by atoms with Crippen LogP contribution in [0.25, 0.3) is 10.9 Å². The lowest BCUT2D eigenvalue weighted by molar-refractivity contribution is -0.120. The highest BCUT2D eigenvalue weighted by Gasteiger charge is 2.22. The predicted octanol–water partition coefficient (Wildman–Crippen LogP) is 3.88. The van der Waals surface area contributed by atoms with Crippen molar-refractivity contribution in [3.8, 4) is 5.75 Å². The second-order valence-corrected chi connectivity index (χ2v) is 8.11. The van der Waals surface area contributed by atoms with Crippen LogP contribution in [0.2, 0.25) is 5.02 Å². The molecule has 174 valence electrons. The number of rotatable bonds is 9. The van der Waals surface area contributed by atoms with Gasteiger partial charge in [0.15, 0.2) is 0 Å². The molecule has 0 saturated carbocycles. The first-order valence-electron chi connectivity index (χ1n) is 10.9. The molecule has 0 bridgehead atoms. The molecule has 1 heterocycles. The molecule has 1 aromatic heterocycles. The molecule has 33 heavy (non-hydrogen) atoms. The monoisotopic (exact) mass is 469 g/mol. The van der Waals surface area contributed by atoms with E-state index in [1.165, 1.54) is 0 Å². The molecule has 0 atom stereocenters. The lowest BCUT2D eigenvalue weighted by Crippen LogP contribution is -2.30. The van der Waals surface area contributed by atoms with Crippen molar-refractivity contribution in [3.63, 3.8) is 0 Å². The van der Waals surface area contributed by atoms with Crippen LogP contribution < -0.4 is 15.4 Å². The Morgan fingerprint density at radius 1 is 1.00 bits per heavy atom. The van der Waals surface area contributed by atoms with Gasteiger partial charge in [-0.05, 0) is 61.4 Å². The van der Waals surface area contributed by atoms with E-state index in [1.807, 2.05) is 19.1 Å². The van der Waals surface area contributed by atoms with Gasteiger partial charge in [0, 0.05) is 41.2 Å². The number of hydrogen-bond acceptors (Lipinski definition) is 4. The van der Waals surface area contributed by atoms with Crippen LogP contribution in [0.3, 0.4) is 0 Å². The number of aromatic nitrogens is 1. The third kappa shape index (κ3) is 5.73. The van der Waals surface area contributed by atoms with Gasteiger partial charge in [0.05, 0.1) is 19.0 Å². The Balaban J connectivity index is 1.84. The minimum absolute atomic E-state index is 0.0101. The van der Waals surface area contributed by atoms with Crippen LogP contribution >= 0.6 is 11.6 Å². The number of methoxy groups -OCH3 is 1. The minimum Gasteiger partial charge on any atom is -0.497 e. The number of carbonyl (C=O) groups excluding carboxylic acids is 3. The average molecular weight is 470 g/mol. The normalized spacial score (nSPS) is 10.8. The minimum atomic E-state index is -0.197. The Kier molecular flexibility index (Phi) is 8.11. The summed E-state index contributed by atoms with van der Waals surface area (Å²) in [6, 6.07) is 12.2. The Morgan fingerprint density at radius 3 is 2.30 bits per heavy atom. The Hall–Kier alpha value is -3.32. The first kappa shape index (κ1) is 24.3. The summed E-state index contributed by atoms with van der Waals surface area (Å²) in [5.74, 6) is 0.286. The van der Waals surface area contributed by atoms with Crippen molar-refractivity contribution in [2.24, 2.45) is 0 Å². The van der Waals surface area contributed by atoms with E-state index in [0.717, 1.165) is 10.9 Å². The molecule has 2 aromatic carbocycles. The number of nitrogens with one attached hydrogen (secondary N) is 2. The summed E-state index contributed by atoms with van der Waals surface area (Å²) < 4.78 is 6.99. The summed E-state index contributed by atoms with van der Waals surface area (Å²) >= 11 is 5.97. The maximum absolute atomic E-state index is 13.3. The molecule has 7 nitrogen and oxygen atoms in total. The van der Waals surface area contributed by atoms with Gasteiger partial charge in [-0.2, -0.15) is 0 Å². The molecule has 0 aliphatic rings. The van der Waals surface area contributed by atoms with Crippen molar-refractivity contribution in [1.82, 2.24) is 15.2 Å². The highest BCUT2D eigenvalue weighted by atomic mass is 35.5. The van der Waals surface area contributed by atoms with Crippen molar-refractivity contribution < 1.29 is 19.1 Å². The fourth-order valence-electron chi connectivity index (χ4n) is 3.69. The lowest BCUT2D eigenvalue weighted by Gasteiger charge is -2.09. The fraction of sp³-hybridized carbons (Fsp3) is 0.320. The zero-order chi connectivity index (χ0) is 24.0. The largest absolute Gasteiger partial charge is 0.497 e. The molecular formula is C25H28ClN3O4. The van der Waals surface area contributed by atoms with Crippen molar-refractivity contribution in [2.45, 2.75) is 33.1 Å². The van der Waals surface area contributed by atoms with Crippen LogP contribution in [0, 0.1) is 6.92 Å². The van der Waals surface area contributed by atoms with E-state index in [2.05, 4.69) is 10.6 Å². The first-order valence-corrected chi connectivity index (χ1v) is 11.2. The smallest absolute Gasteiger partial charge is 0.262 e. The number of amides is 2. The van der Waals surface area contributed by atoms with Crippen molar-refractivity contribution >= 4 is 40.2 Å². The van der Waals surface area contributed by atoms with E-state index in [1.54, 1.807) is 48.9 Å². The quantitative estimate of drug-likeness (QED) is 0.465. The number of halogens is 1. The summed E-state index contributed by atoms with van der Waals surface area (Å²) in [7, 11) is 1.58. The number of ether oxygens (including phenoxy) is 1. The van der Waals surface area contributed by atoms with E-state index in [-0.39, 0.29) is 24.1 Å². The summed E-state index contributed by atoms with van der Waals surface area (Å²) in [6.07, 6.45) is 1.20. The van der Waals surface area contributed by atoms with Gasteiger partial charge in [-0.25, -0.2) is 0 Å². The molecule has 0 saturated heterocycles. The van der Waals surface area contributed by atoms with E-state index >= 15 is 0 Å². The fourth-order valence-corrected chi connectivity index (χ4v) is 3.81. The van der Waals surface area contributed by atoms with Crippen LogP contribution in [0.4, 0.5) is 0 Å². The highest BCUT2D eigenvalue weighted by Crippen LogP contribution is 2.30. The van der Waals surface area contributed by atoms with Gasteiger partial charge in [-0.15, -0.1) is 0 Å². The van der Waals surface area contributed by atoms with Gasteiger partial charge in [-0.3, -0.25) is 19.0 Å². The molecule has 0 aliphatic carbocycles. The number of carbonyl (C=O) groups is 3. The number of fused-ring (bicyclic) bond motifs is 1. The Morgan fingerprint density at radius 2 is 1.67 bits per heavy atom. The van der Waals surface area contributed by atoms with Gasteiger partial charge < -0.3 is 15.4 Å². The highest BCUT2D eigenvalue weighted by molar-refractivity contribution is 6.30. The third-order valence-electron chi connectivity index (χ3n) is 5.49. The van der Waals surface area contributed by atoms with Crippen LogP contribution in [-0.2, 0) is 16.0 Å². The summed E-state index contributed by atoms with van der Waals surface area (Å²) in [5, 5.41) is 7.02. The summed E-state index contributed by atoms with van der Waals surface area (Å²) in [4.78, 5) is 37.3. The van der Waals surface area contributed by atoms with Crippen LogP contribution in [-0.4, -0.2) is 42.5 Å². The van der Waals surface area contributed by atoms with Crippen LogP contribution in [0.15, 0.2) is 42.5 Å². The van der Waals surface area contributed by atoms with Gasteiger partial charge >= 0.3 is 0 Å². The molecule has 0 unspecified atom stereocenters. The molecule has 0 radical (unpaired) electrons. The standard InChI is InChI=1S/C25H28ClN3O4/c1-4-23(30)27-12-5-13-28-24(31)15-20-16(2)29(22-11-10-19(33-3)14-21(20)22)25(32)17-6-8-18(26)9-7-17/h6-11,14H,4-5,12-13,15H2,1-3H3,(H,27,30)(H,28,31). The van der Waals surface area contributed by atoms with Crippen molar-refractivity contribution in [3.05, 3.63) is 64.3 Å². The predicted molar refractivity (Wildman–Crippen MR) is 129 cm³/mol. The van der Waals surface area contributed by atoms with Crippen molar-refractivity contribution in [2.75, 3.05) is 20.2 Å². The molecule has 3 aromatic rings. The first-order chi connectivity index (χ1) is 15.8. The summed E-state index contributed by atoms with van der Waals surface area (Å²) in [6.45, 7) is 4.59. The lowest BCUT2D eigenvalue weighted by atomic mass is 10.1. The molecule has 0 spiro atoms.